The monoisotopic (exact) mass is 418 g/mol. The Hall–Kier alpha value is -4.13. The molecule has 0 saturated carbocycles. The van der Waals surface area contributed by atoms with E-state index in [2.05, 4.69) is 10.6 Å². The van der Waals surface area contributed by atoms with E-state index in [4.69, 9.17) is 9.47 Å². The number of carbonyl (C=O) groups is 3. The van der Waals surface area contributed by atoms with Crippen LogP contribution in [0.1, 0.15) is 33.2 Å². The number of ether oxygens (including phenoxy) is 2. The number of anilines is 1. The van der Waals surface area contributed by atoms with Crippen LogP contribution >= 0.6 is 0 Å². The molecule has 31 heavy (non-hydrogen) atoms. The van der Waals surface area contributed by atoms with Crippen LogP contribution in [0.4, 0.5) is 5.69 Å². The molecule has 0 aliphatic heterocycles. The number of nitrogens with one attached hydrogen (secondary N) is 2. The van der Waals surface area contributed by atoms with Gasteiger partial charge in [-0.25, -0.2) is 0 Å². The fourth-order valence-electron chi connectivity index (χ4n) is 2.89. The minimum absolute atomic E-state index is 0.272. The average molecular weight is 418 g/mol. The standard InChI is InChI=1S/C24H22N2O5/c1-16(27)31-20-7-5-6-18(14-20)23(28)25-15-17-10-12-19(13-11-17)26-24(29)21-8-3-4-9-22(21)30-2/h3-14H,15H2,1-2H3,(H,25,28)(H,26,29). The Balaban J connectivity index is 1.58. The van der Waals surface area contributed by atoms with Gasteiger partial charge in [0, 0.05) is 24.7 Å². The molecular formula is C24H22N2O5. The molecule has 0 aliphatic carbocycles. The summed E-state index contributed by atoms with van der Waals surface area (Å²) in [6.07, 6.45) is 0. The highest BCUT2D eigenvalue weighted by Gasteiger charge is 2.12. The molecule has 0 bridgehead atoms. The van der Waals surface area contributed by atoms with E-state index in [1.807, 2.05) is 12.1 Å². The highest BCUT2D eigenvalue weighted by Crippen LogP contribution is 2.19. The lowest BCUT2D eigenvalue weighted by atomic mass is 10.1. The Morgan fingerprint density at radius 1 is 0.871 bits per heavy atom. The van der Waals surface area contributed by atoms with Gasteiger partial charge in [-0.1, -0.05) is 30.3 Å². The van der Waals surface area contributed by atoms with Gasteiger partial charge in [-0.05, 0) is 48.0 Å². The van der Waals surface area contributed by atoms with Crippen LogP contribution in [-0.4, -0.2) is 24.9 Å². The second-order valence-electron chi connectivity index (χ2n) is 6.66. The first kappa shape index (κ1) is 21.6. The first-order valence-electron chi connectivity index (χ1n) is 9.56. The van der Waals surface area contributed by atoms with Crippen LogP contribution in [0.15, 0.2) is 72.8 Å². The summed E-state index contributed by atoms with van der Waals surface area (Å²) in [4.78, 5) is 35.9. The maximum Gasteiger partial charge on any atom is 0.308 e. The highest BCUT2D eigenvalue weighted by atomic mass is 16.5. The first-order valence-corrected chi connectivity index (χ1v) is 9.56. The second kappa shape index (κ2) is 10.1. The van der Waals surface area contributed by atoms with E-state index in [-0.39, 0.29) is 11.8 Å². The molecule has 7 nitrogen and oxygen atoms in total. The molecule has 0 fully saturated rings. The van der Waals surface area contributed by atoms with Crippen molar-refractivity contribution in [3.05, 3.63) is 89.5 Å². The molecule has 0 radical (unpaired) electrons. The van der Waals surface area contributed by atoms with Gasteiger partial charge < -0.3 is 20.1 Å². The lowest BCUT2D eigenvalue weighted by Crippen LogP contribution is -2.22. The van der Waals surface area contributed by atoms with Crippen molar-refractivity contribution in [3.63, 3.8) is 0 Å². The summed E-state index contributed by atoms with van der Waals surface area (Å²) >= 11 is 0. The molecule has 3 rings (SSSR count). The minimum Gasteiger partial charge on any atom is -0.496 e. The minimum atomic E-state index is -0.449. The number of rotatable bonds is 7. The summed E-state index contributed by atoms with van der Waals surface area (Å²) < 4.78 is 10.2. The van der Waals surface area contributed by atoms with Crippen molar-refractivity contribution in [2.75, 3.05) is 12.4 Å². The van der Waals surface area contributed by atoms with Gasteiger partial charge in [-0.3, -0.25) is 14.4 Å². The van der Waals surface area contributed by atoms with Crippen LogP contribution in [-0.2, 0) is 11.3 Å². The summed E-state index contributed by atoms with van der Waals surface area (Å²) in [5.74, 6) is -0.198. The number of benzene rings is 3. The molecule has 0 atom stereocenters. The molecule has 3 aromatic rings. The van der Waals surface area contributed by atoms with E-state index in [1.165, 1.54) is 20.1 Å². The summed E-state index contributed by atoms with van der Waals surface area (Å²) in [6, 6.07) is 20.5. The molecular weight excluding hydrogens is 396 g/mol. The third kappa shape index (κ3) is 5.93. The Kier molecular flexibility index (Phi) is 7.01. The third-order valence-electron chi connectivity index (χ3n) is 4.37. The summed E-state index contributed by atoms with van der Waals surface area (Å²) in [6.45, 7) is 1.60. The maximum absolute atomic E-state index is 12.5. The fourth-order valence-corrected chi connectivity index (χ4v) is 2.89. The molecule has 0 saturated heterocycles. The first-order chi connectivity index (χ1) is 15.0. The van der Waals surface area contributed by atoms with Gasteiger partial charge in [-0.2, -0.15) is 0 Å². The van der Waals surface area contributed by atoms with Gasteiger partial charge in [0.05, 0.1) is 12.7 Å². The van der Waals surface area contributed by atoms with Gasteiger partial charge in [0.15, 0.2) is 0 Å². The number of amides is 2. The van der Waals surface area contributed by atoms with Crippen molar-refractivity contribution >= 4 is 23.5 Å². The average Bonchev–Trinajstić information content (AvgIpc) is 2.78. The molecule has 2 amide bonds. The molecule has 3 aromatic carbocycles. The largest absolute Gasteiger partial charge is 0.496 e. The van der Waals surface area contributed by atoms with E-state index >= 15 is 0 Å². The van der Waals surface area contributed by atoms with E-state index in [9.17, 15) is 14.4 Å². The molecule has 0 aromatic heterocycles. The number of carbonyl (C=O) groups excluding carboxylic acids is 3. The predicted octanol–water partition coefficient (Wildman–Crippen LogP) is 3.80. The van der Waals surface area contributed by atoms with Crippen molar-refractivity contribution in [3.8, 4) is 11.5 Å². The Bertz CT molecular complexity index is 1090. The molecule has 0 unspecified atom stereocenters. The topological polar surface area (TPSA) is 93.7 Å². The fraction of sp³-hybridized carbons (Fsp3) is 0.125. The SMILES string of the molecule is COc1ccccc1C(=O)Nc1ccc(CNC(=O)c2cccc(OC(C)=O)c2)cc1. The predicted molar refractivity (Wildman–Crippen MR) is 116 cm³/mol. The van der Waals surface area contributed by atoms with Gasteiger partial charge in [0.2, 0.25) is 0 Å². The van der Waals surface area contributed by atoms with Gasteiger partial charge in [-0.15, -0.1) is 0 Å². The van der Waals surface area contributed by atoms with E-state index in [0.717, 1.165) is 5.56 Å². The van der Waals surface area contributed by atoms with Crippen molar-refractivity contribution < 1.29 is 23.9 Å². The lowest BCUT2D eigenvalue weighted by Gasteiger charge is -2.10. The van der Waals surface area contributed by atoms with E-state index in [0.29, 0.717) is 34.9 Å². The van der Waals surface area contributed by atoms with Crippen molar-refractivity contribution in [2.24, 2.45) is 0 Å². The van der Waals surface area contributed by atoms with Crippen LogP contribution in [0, 0.1) is 0 Å². The Morgan fingerprint density at radius 3 is 2.32 bits per heavy atom. The van der Waals surface area contributed by atoms with Crippen LogP contribution in [0.5, 0.6) is 11.5 Å². The van der Waals surface area contributed by atoms with Crippen molar-refractivity contribution in [1.29, 1.82) is 0 Å². The molecule has 0 heterocycles. The molecule has 2 N–H and O–H groups in total. The lowest BCUT2D eigenvalue weighted by molar-refractivity contribution is -0.131. The summed E-state index contributed by atoms with van der Waals surface area (Å²) in [5.41, 5.74) is 2.32. The second-order valence-corrected chi connectivity index (χ2v) is 6.66. The normalized spacial score (nSPS) is 10.1. The van der Waals surface area contributed by atoms with E-state index in [1.54, 1.807) is 54.6 Å². The summed E-state index contributed by atoms with van der Waals surface area (Å²) in [7, 11) is 1.52. The van der Waals surface area contributed by atoms with Gasteiger partial charge >= 0.3 is 5.97 Å². The van der Waals surface area contributed by atoms with Crippen molar-refractivity contribution in [1.82, 2.24) is 5.32 Å². The number of methoxy groups -OCH3 is 1. The summed E-state index contributed by atoms with van der Waals surface area (Å²) in [5, 5.41) is 5.64. The smallest absolute Gasteiger partial charge is 0.308 e. The maximum atomic E-state index is 12.5. The third-order valence-corrected chi connectivity index (χ3v) is 4.37. The number of hydrogen-bond acceptors (Lipinski definition) is 5. The van der Waals surface area contributed by atoms with E-state index < -0.39 is 5.97 Å². The zero-order chi connectivity index (χ0) is 22.2. The molecule has 158 valence electrons. The van der Waals surface area contributed by atoms with Crippen LogP contribution in [0.25, 0.3) is 0 Å². The molecule has 0 spiro atoms. The van der Waals surface area contributed by atoms with Crippen LogP contribution in [0.2, 0.25) is 0 Å². The van der Waals surface area contributed by atoms with Gasteiger partial charge in [0.1, 0.15) is 11.5 Å². The number of hydrogen-bond donors (Lipinski definition) is 2. The molecule has 0 aliphatic rings. The highest BCUT2D eigenvalue weighted by molar-refractivity contribution is 6.06. The molecule has 7 heteroatoms. The Morgan fingerprint density at radius 2 is 1.61 bits per heavy atom. The quantitative estimate of drug-likeness (QED) is 0.450. The van der Waals surface area contributed by atoms with Crippen LogP contribution < -0.4 is 20.1 Å². The number of para-hydroxylation sites is 1. The number of esters is 1. The Labute approximate surface area is 180 Å². The van der Waals surface area contributed by atoms with Gasteiger partial charge in [0.25, 0.3) is 11.8 Å². The zero-order valence-corrected chi connectivity index (χ0v) is 17.2. The zero-order valence-electron chi connectivity index (χ0n) is 17.2. The van der Waals surface area contributed by atoms with Crippen molar-refractivity contribution in [2.45, 2.75) is 13.5 Å². The van der Waals surface area contributed by atoms with Crippen LogP contribution in [0.3, 0.4) is 0 Å².